The first-order valence-corrected chi connectivity index (χ1v) is 15.0. The van der Waals surface area contributed by atoms with E-state index >= 15 is 0 Å². The van der Waals surface area contributed by atoms with Crippen LogP contribution in [0.5, 0.6) is 5.75 Å². The zero-order valence-corrected chi connectivity index (χ0v) is 24.3. The van der Waals surface area contributed by atoms with Gasteiger partial charge in [-0.3, -0.25) is 14.7 Å². The molecular weight excluding hydrogens is 555 g/mol. The highest BCUT2D eigenvalue weighted by Crippen LogP contribution is 2.34. The molecule has 9 heteroatoms. The van der Waals surface area contributed by atoms with Crippen molar-refractivity contribution in [3.63, 3.8) is 0 Å². The van der Waals surface area contributed by atoms with E-state index in [1.165, 1.54) is 12.1 Å². The third-order valence-electron chi connectivity index (χ3n) is 8.76. The number of aromatic nitrogens is 1. The molecule has 4 aromatic rings. The van der Waals surface area contributed by atoms with Crippen LogP contribution in [0.15, 0.2) is 71.3 Å². The highest BCUT2D eigenvalue weighted by Gasteiger charge is 2.31. The third kappa shape index (κ3) is 6.88. The number of ketones is 1. The Morgan fingerprint density at radius 1 is 0.977 bits per heavy atom. The van der Waals surface area contributed by atoms with Crippen LogP contribution in [-0.2, 0) is 12.7 Å². The van der Waals surface area contributed by atoms with E-state index in [0.717, 1.165) is 79.8 Å². The van der Waals surface area contributed by atoms with Crippen molar-refractivity contribution >= 4 is 22.4 Å². The lowest BCUT2D eigenvalue weighted by Gasteiger charge is -2.33. The summed E-state index contributed by atoms with van der Waals surface area (Å²) in [5.74, 6) is 1.52. The summed E-state index contributed by atoms with van der Waals surface area (Å²) in [5, 5.41) is 0.915. The number of fused-ring (bicyclic) bond motifs is 1. The number of halogens is 3. The molecule has 0 radical (unpaired) electrons. The van der Waals surface area contributed by atoms with E-state index in [-0.39, 0.29) is 11.9 Å². The van der Waals surface area contributed by atoms with Crippen LogP contribution in [0.1, 0.15) is 59.5 Å². The normalized spacial score (nSPS) is 17.4. The smallest absolute Gasteiger partial charge is 0.416 e. The molecule has 226 valence electrons. The van der Waals surface area contributed by atoms with Gasteiger partial charge in [-0.05, 0) is 87.3 Å². The van der Waals surface area contributed by atoms with Crippen LogP contribution in [0.3, 0.4) is 0 Å². The predicted octanol–water partition coefficient (Wildman–Crippen LogP) is 7.69. The topological polar surface area (TPSA) is 58.8 Å². The molecule has 4 heterocycles. The first-order valence-electron chi connectivity index (χ1n) is 15.0. The third-order valence-corrected chi connectivity index (χ3v) is 8.76. The first-order chi connectivity index (χ1) is 20.7. The number of hydrogen-bond acceptors (Lipinski definition) is 6. The summed E-state index contributed by atoms with van der Waals surface area (Å²) in [6.07, 6.45) is 1.43. The van der Waals surface area contributed by atoms with Crippen molar-refractivity contribution in [3.05, 3.63) is 89.4 Å². The van der Waals surface area contributed by atoms with E-state index in [4.69, 9.17) is 9.15 Å². The van der Waals surface area contributed by atoms with E-state index in [9.17, 15) is 18.0 Å². The van der Waals surface area contributed by atoms with Crippen LogP contribution in [0.25, 0.3) is 11.0 Å². The maximum Gasteiger partial charge on any atom is 0.416 e. The van der Waals surface area contributed by atoms with Gasteiger partial charge in [0.05, 0.1) is 11.3 Å². The van der Waals surface area contributed by atoms with Crippen LogP contribution in [0, 0.1) is 12.8 Å². The van der Waals surface area contributed by atoms with Gasteiger partial charge in [0.15, 0.2) is 11.5 Å². The van der Waals surface area contributed by atoms with E-state index in [2.05, 4.69) is 14.8 Å². The minimum Gasteiger partial charge on any atom is -0.490 e. The number of benzene rings is 2. The summed E-state index contributed by atoms with van der Waals surface area (Å²) >= 11 is 0. The number of carbonyl (C=O) groups is 1. The number of alkyl halides is 3. The number of piperidine rings is 2. The second-order valence-corrected chi connectivity index (χ2v) is 11.7. The van der Waals surface area contributed by atoms with Crippen molar-refractivity contribution in [1.29, 1.82) is 0 Å². The molecule has 2 aromatic heterocycles. The highest BCUT2D eigenvalue weighted by molar-refractivity contribution is 6.00. The summed E-state index contributed by atoms with van der Waals surface area (Å²) < 4.78 is 51.0. The Morgan fingerprint density at radius 2 is 1.72 bits per heavy atom. The average Bonchev–Trinajstić information content (AvgIpc) is 3.34. The Labute approximate surface area is 249 Å². The van der Waals surface area contributed by atoms with E-state index in [1.54, 1.807) is 0 Å². The molecule has 43 heavy (non-hydrogen) atoms. The van der Waals surface area contributed by atoms with Crippen LogP contribution in [-0.4, -0.2) is 48.0 Å². The van der Waals surface area contributed by atoms with Crippen LogP contribution in [0.4, 0.5) is 18.9 Å². The molecule has 2 aromatic carbocycles. The number of nitrogens with zero attached hydrogens (tertiary/aromatic N) is 3. The number of anilines is 1. The van der Waals surface area contributed by atoms with Crippen LogP contribution >= 0.6 is 0 Å². The minimum absolute atomic E-state index is 0.0103. The lowest BCUT2D eigenvalue weighted by atomic mass is 9.90. The number of hydrogen-bond donors (Lipinski definition) is 0. The highest BCUT2D eigenvalue weighted by atomic mass is 19.4. The number of carbonyl (C=O) groups excluding carboxylic acids is 1. The molecule has 2 saturated heterocycles. The predicted molar refractivity (Wildman–Crippen MR) is 159 cm³/mol. The van der Waals surface area contributed by atoms with Gasteiger partial charge in [0, 0.05) is 67.8 Å². The molecule has 6 rings (SSSR count). The largest absolute Gasteiger partial charge is 0.490 e. The SMILES string of the molecule is Cc1c(C(=O)CC2CCN(Cc3ccccn3)CC2)oc2cc(OC3CCN(c4ccc(C(F)(F)F)cc4)CC3)ccc12. The zero-order valence-electron chi connectivity index (χ0n) is 24.3. The molecule has 0 atom stereocenters. The van der Waals surface area contributed by atoms with Gasteiger partial charge >= 0.3 is 6.18 Å². The lowest BCUT2D eigenvalue weighted by Crippen LogP contribution is -2.38. The number of Topliss-reactive ketones (excluding diaryl/α,β-unsaturated/α-hetero) is 1. The average molecular weight is 592 g/mol. The van der Waals surface area contributed by atoms with Crippen LogP contribution < -0.4 is 9.64 Å². The number of furan rings is 1. The van der Waals surface area contributed by atoms with Gasteiger partial charge < -0.3 is 14.1 Å². The summed E-state index contributed by atoms with van der Waals surface area (Å²) in [6, 6.07) is 17.0. The number of aryl methyl sites for hydroxylation is 1. The van der Waals surface area contributed by atoms with Crippen molar-refractivity contribution in [2.24, 2.45) is 5.92 Å². The molecule has 0 amide bonds. The van der Waals surface area contributed by atoms with Gasteiger partial charge in [-0.2, -0.15) is 13.2 Å². The number of pyridine rings is 1. The van der Waals surface area contributed by atoms with Crippen LogP contribution in [0.2, 0.25) is 0 Å². The Morgan fingerprint density at radius 3 is 2.40 bits per heavy atom. The minimum atomic E-state index is -4.33. The monoisotopic (exact) mass is 591 g/mol. The quantitative estimate of drug-likeness (QED) is 0.196. The summed E-state index contributed by atoms with van der Waals surface area (Å²) in [5.41, 5.74) is 2.73. The second-order valence-electron chi connectivity index (χ2n) is 11.7. The van der Waals surface area contributed by atoms with Gasteiger partial charge in [0.2, 0.25) is 0 Å². The molecule has 2 aliphatic heterocycles. The van der Waals surface area contributed by atoms with E-state index in [1.807, 2.05) is 49.5 Å². The second kappa shape index (κ2) is 12.4. The van der Waals surface area contributed by atoms with E-state index in [0.29, 0.717) is 42.5 Å². The maximum atomic E-state index is 13.3. The molecular formula is C34H36F3N3O3. The fourth-order valence-electron chi connectivity index (χ4n) is 6.25. The molecule has 0 spiro atoms. The fourth-order valence-corrected chi connectivity index (χ4v) is 6.25. The molecule has 2 aliphatic rings. The lowest BCUT2D eigenvalue weighted by molar-refractivity contribution is -0.137. The Bertz CT molecular complexity index is 1540. The van der Waals surface area contributed by atoms with Gasteiger partial charge in [0.1, 0.15) is 17.4 Å². The molecule has 0 bridgehead atoms. The Balaban J connectivity index is 1.02. The molecule has 0 aliphatic carbocycles. The van der Waals surface area contributed by atoms with Gasteiger partial charge in [0.25, 0.3) is 0 Å². The number of rotatable bonds is 8. The van der Waals surface area contributed by atoms with Crippen molar-refractivity contribution < 1.29 is 27.1 Å². The number of likely N-dealkylation sites (tertiary alicyclic amines) is 1. The first kappa shape index (κ1) is 29.2. The standard InChI is InChI=1S/C34H36F3N3O3/c1-23-30-10-9-29(42-28-13-18-40(19-14-28)27-7-5-25(6-8-27)34(35,36)37)21-32(30)43-33(23)31(41)20-24-11-16-39(17-12-24)22-26-4-2-3-15-38-26/h2-10,15,21,24,28H,11-14,16-20,22H2,1H3. The van der Waals surface area contributed by atoms with Crippen molar-refractivity contribution in [2.45, 2.75) is 57.9 Å². The van der Waals surface area contributed by atoms with Gasteiger partial charge in [-0.15, -0.1) is 0 Å². The molecule has 0 N–H and O–H groups in total. The summed E-state index contributed by atoms with van der Waals surface area (Å²) in [6.45, 7) is 6.08. The van der Waals surface area contributed by atoms with Crippen molar-refractivity contribution in [2.75, 3.05) is 31.1 Å². The number of ether oxygens (including phenoxy) is 1. The Hall–Kier alpha value is -3.85. The van der Waals surface area contributed by atoms with Gasteiger partial charge in [-0.25, -0.2) is 0 Å². The Kier molecular flexibility index (Phi) is 8.43. The maximum absolute atomic E-state index is 13.3. The fraction of sp³-hybridized carbons (Fsp3) is 0.412. The molecule has 2 fully saturated rings. The molecule has 0 saturated carbocycles. The summed E-state index contributed by atoms with van der Waals surface area (Å²) in [4.78, 5) is 22.2. The van der Waals surface area contributed by atoms with E-state index < -0.39 is 11.7 Å². The van der Waals surface area contributed by atoms with Crippen molar-refractivity contribution in [3.8, 4) is 5.75 Å². The van der Waals surface area contributed by atoms with Crippen molar-refractivity contribution in [1.82, 2.24) is 9.88 Å². The zero-order chi connectivity index (χ0) is 30.0. The summed E-state index contributed by atoms with van der Waals surface area (Å²) in [7, 11) is 0. The molecule has 0 unspecified atom stereocenters. The van der Waals surface area contributed by atoms with Gasteiger partial charge in [-0.1, -0.05) is 6.07 Å². The molecule has 6 nitrogen and oxygen atoms in total.